The quantitative estimate of drug-likeness (QED) is 0.296. The molecule has 0 bridgehead atoms. The lowest BCUT2D eigenvalue weighted by Crippen LogP contribution is -2.10. The van der Waals surface area contributed by atoms with E-state index in [9.17, 15) is 9.90 Å². The fourth-order valence-corrected chi connectivity index (χ4v) is 3.58. The molecule has 0 aliphatic carbocycles. The van der Waals surface area contributed by atoms with E-state index in [2.05, 4.69) is 4.98 Å². The van der Waals surface area contributed by atoms with Gasteiger partial charge in [0.05, 0.1) is 0 Å². The first-order chi connectivity index (χ1) is 17.3. The number of nitrogens with two attached hydrogens (primary N) is 2. The normalized spacial score (nSPS) is 10.8. The number of rotatable bonds is 8. The van der Waals surface area contributed by atoms with Gasteiger partial charge in [-0.3, -0.25) is 0 Å². The van der Waals surface area contributed by atoms with Crippen LogP contribution in [0.5, 0.6) is 23.3 Å². The summed E-state index contributed by atoms with van der Waals surface area (Å²) < 4.78 is 41.2. The lowest BCUT2D eigenvalue weighted by molar-refractivity contribution is 0.0694. The van der Waals surface area contributed by atoms with Crippen molar-refractivity contribution in [3.63, 3.8) is 0 Å². The van der Waals surface area contributed by atoms with Gasteiger partial charge in [0.2, 0.25) is 0 Å². The molecule has 0 atom stereocenters. The lowest BCUT2D eigenvalue weighted by atomic mass is 10.0. The van der Waals surface area contributed by atoms with E-state index in [0.717, 1.165) is 16.7 Å². The predicted octanol–water partition coefficient (Wildman–Crippen LogP) is 5.54. The fourth-order valence-electron chi connectivity index (χ4n) is 3.58. The lowest BCUT2D eigenvalue weighted by Gasteiger charge is -2.15. The molecule has 0 saturated carbocycles. The first-order valence-corrected chi connectivity index (χ1v) is 11.0. The standard InChI is InChI=1S/C27H23F2N3O4/c1-15-8-9-20(27(33)34)22(10-15)36-26-24(29)21(14-31)23(28)25(32-26)35-19-7-3-6-18(12-19)17-5-2-4-16(11-17)13-30/h2-12H,13-14,30-31H2,1H3,(H,33,34). The Hall–Kier alpha value is -4.34. The first-order valence-electron chi connectivity index (χ1n) is 11.0. The molecule has 36 heavy (non-hydrogen) atoms. The average molecular weight is 491 g/mol. The van der Waals surface area contributed by atoms with Gasteiger partial charge in [0, 0.05) is 18.7 Å². The van der Waals surface area contributed by atoms with Crippen LogP contribution < -0.4 is 20.9 Å². The van der Waals surface area contributed by atoms with Crippen molar-refractivity contribution < 1.29 is 28.2 Å². The number of hydrogen-bond acceptors (Lipinski definition) is 6. The molecule has 0 radical (unpaired) electrons. The van der Waals surface area contributed by atoms with Gasteiger partial charge >= 0.3 is 5.97 Å². The van der Waals surface area contributed by atoms with Gasteiger partial charge in [-0.15, -0.1) is 0 Å². The number of carbonyl (C=O) groups is 1. The second-order valence-corrected chi connectivity index (χ2v) is 7.97. The Bertz CT molecular complexity index is 1440. The fraction of sp³-hybridized carbons (Fsp3) is 0.111. The second kappa shape index (κ2) is 10.5. The van der Waals surface area contributed by atoms with Gasteiger partial charge < -0.3 is 26.0 Å². The monoisotopic (exact) mass is 491 g/mol. The average Bonchev–Trinajstić information content (AvgIpc) is 2.87. The van der Waals surface area contributed by atoms with E-state index in [-0.39, 0.29) is 17.1 Å². The highest BCUT2D eigenvalue weighted by Crippen LogP contribution is 2.35. The number of benzene rings is 3. The highest BCUT2D eigenvalue weighted by atomic mass is 19.1. The first kappa shape index (κ1) is 24.8. The SMILES string of the molecule is Cc1ccc(C(=O)O)c(Oc2nc(Oc3cccc(-c4cccc(CN)c4)c3)c(F)c(CN)c2F)c1. The molecule has 4 aromatic rings. The molecule has 0 unspecified atom stereocenters. The largest absolute Gasteiger partial charge is 0.478 e. The molecule has 184 valence electrons. The third-order valence-electron chi connectivity index (χ3n) is 5.43. The van der Waals surface area contributed by atoms with Crippen LogP contribution in [0.25, 0.3) is 11.1 Å². The van der Waals surface area contributed by atoms with E-state index in [1.165, 1.54) is 12.1 Å². The zero-order valence-corrected chi connectivity index (χ0v) is 19.3. The minimum Gasteiger partial charge on any atom is -0.478 e. The van der Waals surface area contributed by atoms with Gasteiger partial charge in [-0.1, -0.05) is 36.4 Å². The molecule has 3 aromatic carbocycles. The number of aromatic carboxylic acids is 1. The van der Waals surface area contributed by atoms with Crippen LogP contribution in [-0.2, 0) is 13.1 Å². The topological polar surface area (TPSA) is 121 Å². The molecule has 7 nitrogen and oxygen atoms in total. The van der Waals surface area contributed by atoms with Crippen molar-refractivity contribution in [2.24, 2.45) is 11.5 Å². The Kier molecular flexibility index (Phi) is 7.23. The van der Waals surface area contributed by atoms with E-state index in [4.69, 9.17) is 20.9 Å². The third-order valence-corrected chi connectivity index (χ3v) is 5.43. The summed E-state index contributed by atoms with van der Waals surface area (Å²) in [6, 6.07) is 18.7. The Morgan fingerprint density at radius 1 is 0.889 bits per heavy atom. The van der Waals surface area contributed by atoms with Crippen LogP contribution in [0, 0.1) is 18.6 Å². The van der Waals surface area contributed by atoms with Crippen molar-refractivity contribution in [2.45, 2.75) is 20.0 Å². The molecule has 4 rings (SSSR count). The Morgan fingerprint density at radius 3 is 2.22 bits per heavy atom. The van der Waals surface area contributed by atoms with E-state index in [1.54, 1.807) is 31.2 Å². The van der Waals surface area contributed by atoms with Crippen LogP contribution in [-0.4, -0.2) is 16.1 Å². The number of ether oxygens (including phenoxy) is 2. The van der Waals surface area contributed by atoms with Gasteiger partial charge in [-0.05, 0) is 59.5 Å². The minimum atomic E-state index is -1.28. The molecule has 1 heterocycles. The summed E-state index contributed by atoms with van der Waals surface area (Å²) >= 11 is 0. The van der Waals surface area contributed by atoms with E-state index < -0.39 is 41.5 Å². The highest BCUT2D eigenvalue weighted by Gasteiger charge is 2.24. The summed E-state index contributed by atoms with van der Waals surface area (Å²) in [4.78, 5) is 15.4. The Labute approximate surface area is 205 Å². The van der Waals surface area contributed by atoms with Gasteiger partial charge in [-0.2, -0.15) is 4.98 Å². The van der Waals surface area contributed by atoms with Crippen LogP contribution >= 0.6 is 0 Å². The van der Waals surface area contributed by atoms with Crippen molar-refractivity contribution >= 4 is 5.97 Å². The predicted molar refractivity (Wildman–Crippen MR) is 130 cm³/mol. The summed E-state index contributed by atoms with van der Waals surface area (Å²) in [5.74, 6) is -4.65. The molecule has 0 aliphatic heterocycles. The van der Waals surface area contributed by atoms with Crippen molar-refractivity contribution in [2.75, 3.05) is 0 Å². The molecule has 0 saturated heterocycles. The third kappa shape index (κ3) is 5.17. The zero-order valence-electron chi connectivity index (χ0n) is 19.3. The summed E-state index contributed by atoms with van der Waals surface area (Å²) in [6.45, 7) is 1.59. The maximum Gasteiger partial charge on any atom is 0.339 e. The van der Waals surface area contributed by atoms with Crippen LogP contribution in [0.3, 0.4) is 0 Å². The van der Waals surface area contributed by atoms with Crippen molar-refractivity contribution in [3.8, 4) is 34.4 Å². The van der Waals surface area contributed by atoms with Crippen LogP contribution in [0.1, 0.15) is 27.0 Å². The van der Waals surface area contributed by atoms with E-state index >= 15 is 8.78 Å². The van der Waals surface area contributed by atoms with Crippen molar-refractivity contribution in [3.05, 3.63) is 101 Å². The summed E-state index contributed by atoms with van der Waals surface area (Å²) in [5.41, 5.74) is 13.9. The number of aryl methyl sites for hydroxylation is 1. The van der Waals surface area contributed by atoms with Crippen molar-refractivity contribution in [1.29, 1.82) is 0 Å². The number of pyridine rings is 1. The van der Waals surface area contributed by atoms with Crippen molar-refractivity contribution in [1.82, 2.24) is 4.98 Å². The molecular formula is C27H23F2N3O4. The summed E-state index contributed by atoms with van der Waals surface area (Å²) in [7, 11) is 0. The van der Waals surface area contributed by atoms with Gasteiger partial charge in [0.1, 0.15) is 17.1 Å². The van der Waals surface area contributed by atoms with Crippen LogP contribution in [0.2, 0.25) is 0 Å². The maximum atomic E-state index is 15.1. The zero-order chi connectivity index (χ0) is 25.8. The maximum absolute atomic E-state index is 15.1. The van der Waals surface area contributed by atoms with Crippen LogP contribution in [0.15, 0.2) is 66.7 Å². The molecule has 9 heteroatoms. The highest BCUT2D eigenvalue weighted by molar-refractivity contribution is 5.91. The summed E-state index contributed by atoms with van der Waals surface area (Å²) in [5, 5.41) is 9.45. The Morgan fingerprint density at radius 2 is 1.56 bits per heavy atom. The molecule has 0 amide bonds. The van der Waals surface area contributed by atoms with Crippen LogP contribution in [0.4, 0.5) is 8.78 Å². The van der Waals surface area contributed by atoms with Gasteiger partial charge in [0.15, 0.2) is 11.6 Å². The number of carboxylic acids is 1. The molecule has 1 aromatic heterocycles. The van der Waals surface area contributed by atoms with Gasteiger partial charge in [-0.25, -0.2) is 13.6 Å². The van der Waals surface area contributed by atoms with E-state index in [1.807, 2.05) is 30.3 Å². The molecule has 5 N–H and O–H groups in total. The Balaban J connectivity index is 1.73. The molecular weight excluding hydrogens is 468 g/mol. The molecule has 0 spiro atoms. The smallest absolute Gasteiger partial charge is 0.339 e. The molecule has 0 aliphatic rings. The number of aromatic nitrogens is 1. The number of hydrogen-bond donors (Lipinski definition) is 3. The van der Waals surface area contributed by atoms with Gasteiger partial charge in [0.25, 0.3) is 11.8 Å². The number of halogens is 2. The number of carboxylic acid groups (broad SMARTS) is 1. The summed E-state index contributed by atoms with van der Waals surface area (Å²) in [6.07, 6.45) is 0. The van der Waals surface area contributed by atoms with E-state index in [0.29, 0.717) is 12.1 Å². The second-order valence-electron chi connectivity index (χ2n) is 7.97. The minimum absolute atomic E-state index is 0.156. The molecule has 0 fully saturated rings. The number of nitrogens with zero attached hydrogens (tertiary/aromatic N) is 1.